The Bertz CT molecular complexity index is 374. The Morgan fingerprint density at radius 1 is 1.44 bits per heavy atom. The van der Waals surface area contributed by atoms with E-state index in [1.807, 2.05) is 38.3 Å². The fraction of sp³-hybridized carbons (Fsp3) is 0.500. The van der Waals surface area contributed by atoms with E-state index in [0.717, 1.165) is 4.88 Å². The zero-order valence-corrected chi connectivity index (χ0v) is 10.7. The van der Waals surface area contributed by atoms with Crippen molar-refractivity contribution in [1.29, 1.82) is 0 Å². The van der Waals surface area contributed by atoms with Crippen LogP contribution in [0.4, 0.5) is 0 Å². The first kappa shape index (κ1) is 12.9. The van der Waals surface area contributed by atoms with E-state index in [-0.39, 0.29) is 11.2 Å². The van der Waals surface area contributed by atoms with Crippen molar-refractivity contribution in [3.8, 4) is 0 Å². The lowest BCUT2D eigenvalue weighted by atomic mass is 9.88. The van der Waals surface area contributed by atoms with Crippen LogP contribution in [0.15, 0.2) is 22.7 Å². The normalized spacial score (nSPS) is 12.8. The minimum atomic E-state index is -0.323. The minimum Gasteiger partial charge on any atom is -0.411 e. The Hall–Kier alpha value is -1.16. The van der Waals surface area contributed by atoms with Crippen molar-refractivity contribution >= 4 is 22.8 Å². The first-order valence-electron chi connectivity index (χ1n) is 5.23. The van der Waals surface area contributed by atoms with Gasteiger partial charge in [0, 0.05) is 18.3 Å². The van der Waals surface area contributed by atoms with Crippen LogP contribution in [0.25, 0.3) is 0 Å². The number of ketones is 1. The number of hydrogen-bond donors (Lipinski definition) is 1. The summed E-state index contributed by atoms with van der Waals surface area (Å²) in [7, 11) is 0. The van der Waals surface area contributed by atoms with Crippen LogP contribution < -0.4 is 0 Å². The van der Waals surface area contributed by atoms with E-state index in [1.165, 1.54) is 11.3 Å². The summed E-state index contributed by atoms with van der Waals surface area (Å²) in [5, 5.41) is 14.1. The molecule has 0 unspecified atom stereocenters. The van der Waals surface area contributed by atoms with Gasteiger partial charge in [0.2, 0.25) is 0 Å². The van der Waals surface area contributed by atoms with E-state index in [9.17, 15) is 4.79 Å². The van der Waals surface area contributed by atoms with E-state index < -0.39 is 0 Å². The lowest BCUT2D eigenvalue weighted by molar-refractivity contribution is -0.126. The molecule has 88 valence electrons. The zero-order chi connectivity index (χ0) is 12.2. The highest BCUT2D eigenvalue weighted by Gasteiger charge is 2.21. The monoisotopic (exact) mass is 239 g/mol. The van der Waals surface area contributed by atoms with Gasteiger partial charge in [0.05, 0.1) is 10.6 Å². The standard InChI is InChI=1S/C12H17NO2S/c1-12(2,3)11(14)7-6-9(13-15)10-5-4-8-16-10/h4-5,8,15H,6-7H2,1-3H3/b13-9+. The van der Waals surface area contributed by atoms with Crippen molar-refractivity contribution < 1.29 is 10.0 Å². The maximum absolute atomic E-state index is 11.7. The minimum absolute atomic E-state index is 0.185. The van der Waals surface area contributed by atoms with Gasteiger partial charge in [-0.3, -0.25) is 4.79 Å². The second kappa shape index (κ2) is 5.25. The zero-order valence-electron chi connectivity index (χ0n) is 9.86. The lowest BCUT2D eigenvalue weighted by Gasteiger charge is -2.16. The van der Waals surface area contributed by atoms with Crippen molar-refractivity contribution in [3.63, 3.8) is 0 Å². The average molecular weight is 239 g/mol. The van der Waals surface area contributed by atoms with Gasteiger partial charge in [-0.05, 0) is 11.4 Å². The van der Waals surface area contributed by atoms with E-state index >= 15 is 0 Å². The van der Waals surface area contributed by atoms with Crippen LogP contribution in [-0.4, -0.2) is 16.7 Å². The molecule has 0 atom stereocenters. The summed E-state index contributed by atoms with van der Waals surface area (Å²) in [6.45, 7) is 5.70. The third kappa shape index (κ3) is 3.45. The molecule has 4 heteroatoms. The topological polar surface area (TPSA) is 49.7 Å². The molecule has 0 aliphatic carbocycles. The first-order chi connectivity index (χ1) is 7.45. The molecule has 0 bridgehead atoms. The molecule has 1 aromatic heterocycles. The van der Waals surface area contributed by atoms with Crippen LogP contribution in [0.1, 0.15) is 38.5 Å². The molecule has 0 fully saturated rings. The van der Waals surface area contributed by atoms with Crippen molar-refractivity contribution in [1.82, 2.24) is 0 Å². The molecule has 0 amide bonds. The maximum atomic E-state index is 11.7. The molecule has 1 heterocycles. The maximum Gasteiger partial charge on any atom is 0.138 e. The van der Waals surface area contributed by atoms with Gasteiger partial charge in [0.25, 0.3) is 0 Å². The number of hydrogen-bond acceptors (Lipinski definition) is 4. The van der Waals surface area contributed by atoms with Gasteiger partial charge in [-0.1, -0.05) is 32.0 Å². The summed E-state index contributed by atoms with van der Waals surface area (Å²) in [5.74, 6) is 0.185. The number of carbonyl (C=O) groups is 1. The van der Waals surface area contributed by atoms with E-state index in [0.29, 0.717) is 18.6 Å². The molecule has 1 N–H and O–H groups in total. The number of thiophene rings is 1. The second-order valence-corrected chi connectivity index (χ2v) is 5.64. The van der Waals surface area contributed by atoms with Gasteiger partial charge in [0.15, 0.2) is 0 Å². The second-order valence-electron chi connectivity index (χ2n) is 4.70. The molecule has 16 heavy (non-hydrogen) atoms. The Labute approximate surface area is 99.8 Å². The number of rotatable bonds is 4. The highest BCUT2D eigenvalue weighted by atomic mass is 32.1. The molecule has 0 aliphatic heterocycles. The van der Waals surface area contributed by atoms with Crippen LogP contribution in [0.5, 0.6) is 0 Å². The molecular formula is C12H17NO2S. The lowest BCUT2D eigenvalue weighted by Crippen LogP contribution is -2.20. The van der Waals surface area contributed by atoms with Gasteiger partial charge in [0.1, 0.15) is 5.78 Å². The average Bonchev–Trinajstić information content (AvgIpc) is 2.70. The van der Waals surface area contributed by atoms with E-state index in [2.05, 4.69) is 5.16 Å². The quantitative estimate of drug-likeness (QED) is 0.498. The fourth-order valence-electron chi connectivity index (χ4n) is 1.27. The van der Waals surface area contributed by atoms with Crippen LogP contribution in [-0.2, 0) is 4.79 Å². The molecule has 0 aliphatic rings. The molecule has 0 aromatic carbocycles. The van der Waals surface area contributed by atoms with E-state index in [1.54, 1.807) is 0 Å². The predicted molar refractivity (Wildman–Crippen MR) is 66.3 cm³/mol. The predicted octanol–water partition coefficient (Wildman–Crippen LogP) is 3.32. The Morgan fingerprint density at radius 3 is 2.56 bits per heavy atom. The molecule has 3 nitrogen and oxygen atoms in total. The molecule has 1 rings (SSSR count). The van der Waals surface area contributed by atoms with Gasteiger partial charge in [-0.15, -0.1) is 11.3 Å². The summed E-state index contributed by atoms with van der Waals surface area (Å²) in [6, 6.07) is 3.79. The number of carbonyl (C=O) groups excluding carboxylic acids is 1. The largest absolute Gasteiger partial charge is 0.411 e. The van der Waals surface area contributed by atoms with Gasteiger partial charge < -0.3 is 5.21 Å². The third-order valence-electron chi connectivity index (χ3n) is 2.35. The highest BCUT2D eigenvalue weighted by molar-refractivity contribution is 7.12. The van der Waals surface area contributed by atoms with Crippen LogP contribution in [0.3, 0.4) is 0 Å². The highest BCUT2D eigenvalue weighted by Crippen LogP contribution is 2.20. The molecule has 1 aromatic rings. The number of nitrogens with zero attached hydrogens (tertiary/aromatic N) is 1. The van der Waals surface area contributed by atoms with Crippen LogP contribution in [0, 0.1) is 5.41 Å². The van der Waals surface area contributed by atoms with Crippen LogP contribution >= 0.6 is 11.3 Å². The molecule has 0 spiro atoms. The number of oxime groups is 1. The van der Waals surface area contributed by atoms with E-state index in [4.69, 9.17) is 5.21 Å². The fourth-order valence-corrected chi connectivity index (χ4v) is 2.01. The van der Waals surface area contributed by atoms with Crippen LogP contribution in [0.2, 0.25) is 0 Å². The van der Waals surface area contributed by atoms with Gasteiger partial charge in [-0.25, -0.2) is 0 Å². The van der Waals surface area contributed by atoms with Gasteiger partial charge in [-0.2, -0.15) is 0 Å². The summed E-state index contributed by atoms with van der Waals surface area (Å²) in [5.41, 5.74) is 0.267. The Morgan fingerprint density at radius 2 is 2.12 bits per heavy atom. The first-order valence-corrected chi connectivity index (χ1v) is 6.11. The summed E-state index contributed by atoms with van der Waals surface area (Å²) < 4.78 is 0. The SMILES string of the molecule is CC(C)(C)C(=O)CC/C(=N\O)c1cccs1. The summed E-state index contributed by atoms with van der Waals surface area (Å²) >= 11 is 1.51. The third-order valence-corrected chi connectivity index (χ3v) is 3.27. The Balaban J connectivity index is 2.58. The molecule has 0 saturated heterocycles. The molecule has 0 radical (unpaired) electrons. The number of Topliss-reactive ketones (excluding diaryl/α,β-unsaturated/α-hetero) is 1. The van der Waals surface area contributed by atoms with Crippen molar-refractivity contribution in [2.24, 2.45) is 10.6 Å². The smallest absolute Gasteiger partial charge is 0.138 e. The summed E-state index contributed by atoms with van der Waals surface area (Å²) in [6.07, 6.45) is 0.911. The van der Waals surface area contributed by atoms with Crippen molar-refractivity contribution in [3.05, 3.63) is 22.4 Å². The van der Waals surface area contributed by atoms with Crippen molar-refractivity contribution in [2.75, 3.05) is 0 Å². The summed E-state index contributed by atoms with van der Waals surface area (Å²) in [4.78, 5) is 12.6. The molecular weight excluding hydrogens is 222 g/mol. The molecule has 0 saturated carbocycles. The van der Waals surface area contributed by atoms with Crippen molar-refractivity contribution in [2.45, 2.75) is 33.6 Å². The van der Waals surface area contributed by atoms with Gasteiger partial charge >= 0.3 is 0 Å². The Kier molecular flexibility index (Phi) is 4.24.